The quantitative estimate of drug-likeness (QED) is 0.336. The largest absolute Gasteiger partial charge is 0.511 e. The highest BCUT2D eigenvalue weighted by Gasteiger charge is 2.28. The van der Waals surface area contributed by atoms with Gasteiger partial charge in [0.25, 0.3) is 0 Å². The molecule has 1 aromatic rings. The lowest BCUT2D eigenvalue weighted by molar-refractivity contribution is 0.141. The van der Waals surface area contributed by atoms with Crippen molar-refractivity contribution in [3.05, 3.63) is 11.1 Å². The number of ether oxygens (including phenoxy) is 3. The zero-order chi connectivity index (χ0) is 20.2. The Hall–Kier alpha value is -2.11. The molecule has 0 heterocycles. The first-order valence-electron chi connectivity index (χ1n) is 10.1. The van der Waals surface area contributed by atoms with Crippen LogP contribution in [0, 0.1) is 0 Å². The summed E-state index contributed by atoms with van der Waals surface area (Å²) < 4.78 is 16.8. The Morgan fingerprint density at radius 2 is 1.26 bits per heavy atom. The van der Waals surface area contributed by atoms with Gasteiger partial charge in [-0.25, -0.2) is 4.79 Å². The number of benzene rings is 1. The van der Waals surface area contributed by atoms with Crippen LogP contribution in [0.5, 0.6) is 23.0 Å². The van der Waals surface area contributed by atoms with Crippen LogP contribution < -0.4 is 14.2 Å². The smallest absolute Gasteiger partial charge is 0.502 e. The molecule has 0 bridgehead atoms. The topological polar surface area (TPSA) is 85.2 Å². The van der Waals surface area contributed by atoms with Crippen LogP contribution in [0.15, 0.2) is 0 Å². The molecule has 0 amide bonds. The first kappa shape index (κ1) is 22.9. The van der Waals surface area contributed by atoms with Gasteiger partial charge in [0, 0.05) is 11.1 Å². The molecule has 0 aliphatic heterocycles. The highest BCUT2D eigenvalue weighted by molar-refractivity contribution is 5.71. The lowest BCUT2D eigenvalue weighted by Gasteiger charge is -2.23. The molecule has 6 nitrogen and oxygen atoms in total. The summed E-state index contributed by atoms with van der Waals surface area (Å²) in [6.45, 7) is 9.03. The monoisotopic (exact) mass is 382 g/mol. The second kappa shape index (κ2) is 12.3. The zero-order valence-electron chi connectivity index (χ0n) is 17.1. The number of carbonyl (C=O) groups is 1. The van der Waals surface area contributed by atoms with Crippen molar-refractivity contribution in [1.82, 2.24) is 0 Å². The molecule has 0 saturated heterocycles. The van der Waals surface area contributed by atoms with Gasteiger partial charge in [0.2, 0.25) is 11.5 Å². The summed E-state index contributed by atoms with van der Waals surface area (Å²) in [5, 5.41) is 20.0. The molecule has 0 aliphatic rings. The van der Waals surface area contributed by atoms with Gasteiger partial charge in [-0.15, -0.1) is 0 Å². The van der Waals surface area contributed by atoms with Crippen LogP contribution in [0.1, 0.15) is 77.3 Å². The van der Waals surface area contributed by atoms with Crippen molar-refractivity contribution in [3.8, 4) is 23.0 Å². The fraction of sp³-hybridized carbons (Fsp3) is 0.667. The van der Waals surface area contributed by atoms with Gasteiger partial charge in [0.1, 0.15) is 0 Å². The molecule has 154 valence electrons. The molecule has 0 saturated carbocycles. The van der Waals surface area contributed by atoms with Gasteiger partial charge in [0.15, 0.2) is 11.5 Å². The molecule has 0 aliphatic carbocycles. The van der Waals surface area contributed by atoms with Crippen LogP contribution in [0.4, 0.5) is 4.79 Å². The number of rotatable bonds is 13. The molecular formula is C21H34O6. The number of phenols is 1. The minimum atomic E-state index is -1.45. The van der Waals surface area contributed by atoms with E-state index in [-0.39, 0.29) is 17.2 Å². The van der Waals surface area contributed by atoms with E-state index in [2.05, 4.69) is 13.8 Å². The Kier molecular flexibility index (Phi) is 10.5. The zero-order valence-corrected chi connectivity index (χ0v) is 17.1. The van der Waals surface area contributed by atoms with Crippen molar-refractivity contribution >= 4 is 6.16 Å². The predicted octanol–water partition coefficient (Wildman–Crippen LogP) is 5.71. The van der Waals surface area contributed by atoms with E-state index in [4.69, 9.17) is 14.2 Å². The molecule has 0 spiro atoms. The second-order valence-electron chi connectivity index (χ2n) is 6.57. The summed E-state index contributed by atoms with van der Waals surface area (Å²) in [6, 6.07) is 0. The number of phenolic OH excluding ortho intramolecular Hbond substituents is 1. The van der Waals surface area contributed by atoms with Crippen molar-refractivity contribution in [2.75, 3.05) is 13.2 Å². The third-order valence-corrected chi connectivity index (χ3v) is 4.20. The molecule has 0 unspecified atom stereocenters. The number of hydrogen-bond acceptors (Lipinski definition) is 5. The average molecular weight is 382 g/mol. The van der Waals surface area contributed by atoms with Gasteiger partial charge in [-0.3, -0.25) is 0 Å². The van der Waals surface area contributed by atoms with Crippen LogP contribution >= 0.6 is 0 Å². The van der Waals surface area contributed by atoms with E-state index in [0.717, 1.165) is 44.1 Å². The van der Waals surface area contributed by atoms with E-state index in [9.17, 15) is 15.0 Å². The summed E-state index contributed by atoms with van der Waals surface area (Å²) in [4.78, 5) is 11.2. The molecule has 0 atom stereocenters. The van der Waals surface area contributed by atoms with Gasteiger partial charge in [0.05, 0.1) is 13.2 Å². The Labute approximate surface area is 162 Å². The van der Waals surface area contributed by atoms with Crippen LogP contribution in [0.25, 0.3) is 0 Å². The van der Waals surface area contributed by atoms with Crippen molar-refractivity contribution in [3.63, 3.8) is 0 Å². The van der Waals surface area contributed by atoms with Gasteiger partial charge in [-0.2, -0.15) is 0 Å². The van der Waals surface area contributed by atoms with E-state index in [1.165, 1.54) is 0 Å². The highest BCUT2D eigenvalue weighted by Crippen LogP contribution is 2.50. The Balaban J connectivity index is 3.65. The van der Waals surface area contributed by atoms with Gasteiger partial charge >= 0.3 is 6.16 Å². The van der Waals surface area contributed by atoms with E-state index in [1.54, 1.807) is 0 Å². The molecule has 6 heteroatoms. The number of carboxylic acid groups (broad SMARTS) is 1. The summed E-state index contributed by atoms with van der Waals surface area (Å²) in [5.74, 6) is 0.410. The summed E-state index contributed by atoms with van der Waals surface area (Å²) >= 11 is 0. The summed E-state index contributed by atoms with van der Waals surface area (Å²) in [5.41, 5.74) is 1.60. The van der Waals surface area contributed by atoms with E-state index in [1.807, 2.05) is 13.8 Å². The summed E-state index contributed by atoms with van der Waals surface area (Å²) in [7, 11) is 0. The number of unbranched alkanes of at least 4 members (excludes halogenated alkanes) is 2. The minimum Gasteiger partial charge on any atom is -0.502 e. The van der Waals surface area contributed by atoms with E-state index >= 15 is 0 Å². The van der Waals surface area contributed by atoms with Crippen molar-refractivity contribution < 1.29 is 29.2 Å². The van der Waals surface area contributed by atoms with Gasteiger partial charge in [-0.05, 0) is 38.5 Å². The molecule has 1 rings (SSSR count). The third-order valence-electron chi connectivity index (χ3n) is 4.20. The molecule has 27 heavy (non-hydrogen) atoms. The first-order valence-corrected chi connectivity index (χ1v) is 10.1. The second-order valence-corrected chi connectivity index (χ2v) is 6.57. The van der Waals surface area contributed by atoms with E-state index < -0.39 is 6.16 Å². The highest BCUT2D eigenvalue weighted by atomic mass is 16.7. The predicted molar refractivity (Wildman–Crippen MR) is 106 cm³/mol. The normalized spacial score (nSPS) is 10.7. The maximum atomic E-state index is 11.2. The Bertz CT molecular complexity index is 597. The average Bonchev–Trinajstić information content (AvgIpc) is 2.64. The van der Waals surface area contributed by atoms with Crippen molar-refractivity contribution in [2.45, 2.75) is 79.1 Å². The maximum Gasteiger partial charge on any atom is 0.511 e. The molecule has 2 N–H and O–H groups in total. The molecular weight excluding hydrogens is 348 g/mol. The van der Waals surface area contributed by atoms with Crippen molar-refractivity contribution in [1.29, 1.82) is 0 Å². The molecule has 0 fully saturated rings. The first-order chi connectivity index (χ1) is 13.0. The SMILES string of the molecule is CCCCc1c(CCCC)c(OCCC)c(OCCC)c(O)c1OC(=O)O. The third kappa shape index (κ3) is 6.52. The standard InChI is InChI=1S/C21H34O6/c1-5-9-11-15-16(12-10-6-2)19(25-13-7-3)20(26-14-8-4)17(22)18(15)27-21(23)24/h22H,5-14H2,1-4H3,(H,23,24). The summed E-state index contributed by atoms with van der Waals surface area (Å²) in [6.07, 6.45) is 5.16. The van der Waals surface area contributed by atoms with Gasteiger partial charge in [-0.1, -0.05) is 40.5 Å². The Morgan fingerprint density at radius 3 is 1.70 bits per heavy atom. The molecule has 0 aromatic heterocycles. The van der Waals surface area contributed by atoms with Gasteiger partial charge < -0.3 is 24.4 Å². The van der Waals surface area contributed by atoms with Crippen molar-refractivity contribution in [2.24, 2.45) is 0 Å². The lowest BCUT2D eigenvalue weighted by Crippen LogP contribution is -2.12. The molecule has 1 aromatic carbocycles. The van der Waals surface area contributed by atoms with Crippen LogP contribution in [-0.4, -0.2) is 29.6 Å². The number of aromatic hydroxyl groups is 1. The Morgan fingerprint density at radius 1 is 0.778 bits per heavy atom. The fourth-order valence-corrected chi connectivity index (χ4v) is 2.89. The number of hydrogen-bond donors (Lipinski definition) is 2. The minimum absolute atomic E-state index is 0.0167. The van der Waals surface area contributed by atoms with Crippen LogP contribution in [0.2, 0.25) is 0 Å². The van der Waals surface area contributed by atoms with E-state index in [0.29, 0.717) is 37.4 Å². The maximum absolute atomic E-state index is 11.2. The van der Waals surface area contributed by atoms with Crippen LogP contribution in [0.3, 0.4) is 0 Å². The lowest BCUT2D eigenvalue weighted by atomic mass is 9.94. The van der Waals surface area contributed by atoms with Crippen LogP contribution in [-0.2, 0) is 12.8 Å². The molecule has 0 radical (unpaired) electrons. The fourth-order valence-electron chi connectivity index (χ4n) is 2.89.